The zero-order valence-corrected chi connectivity index (χ0v) is 12.0. The molecule has 1 aliphatic rings. The van der Waals surface area contributed by atoms with Gasteiger partial charge in [-0.15, -0.1) is 0 Å². The Morgan fingerprint density at radius 3 is 2.73 bits per heavy atom. The summed E-state index contributed by atoms with van der Waals surface area (Å²) in [4.78, 5) is 12.4. The number of fused-ring (bicyclic) bond motifs is 1. The number of aromatic hydroxyl groups is 1. The van der Waals surface area contributed by atoms with E-state index in [-0.39, 0.29) is 11.9 Å². The Bertz CT molecular complexity index is 745. The van der Waals surface area contributed by atoms with Crippen molar-refractivity contribution in [3.05, 3.63) is 64.7 Å². The highest BCUT2D eigenvalue weighted by Gasteiger charge is 2.23. The van der Waals surface area contributed by atoms with Gasteiger partial charge >= 0.3 is 0 Å². The minimum atomic E-state index is -0.161. The van der Waals surface area contributed by atoms with Gasteiger partial charge in [0, 0.05) is 5.56 Å². The standard InChI is InChI=1S/C18H16N2O2/c19-11-12-7-9-13(10-8-12)18(22)20-16-5-1-4-15-14(16)3-2-6-17(15)21/h2-3,6-10,16,21H,1,4-5H2,(H,20,22)/t16-/m0/s1. The third-order valence-electron chi connectivity index (χ3n) is 4.06. The number of phenols is 1. The quantitative estimate of drug-likeness (QED) is 0.893. The Labute approximate surface area is 129 Å². The Balaban J connectivity index is 1.81. The van der Waals surface area contributed by atoms with Crippen molar-refractivity contribution in [3.63, 3.8) is 0 Å². The van der Waals surface area contributed by atoms with Crippen molar-refractivity contribution < 1.29 is 9.90 Å². The first kappa shape index (κ1) is 14.2. The summed E-state index contributed by atoms with van der Waals surface area (Å²) in [6.07, 6.45) is 2.63. The average Bonchev–Trinajstić information content (AvgIpc) is 2.56. The molecule has 0 heterocycles. The maximum atomic E-state index is 12.4. The van der Waals surface area contributed by atoms with Crippen LogP contribution in [-0.2, 0) is 6.42 Å². The summed E-state index contributed by atoms with van der Waals surface area (Å²) in [6, 6.07) is 14.0. The second-order valence-electron chi connectivity index (χ2n) is 5.45. The van der Waals surface area contributed by atoms with Crippen molar-refractivity contribution >= 4 is 5.91 Å². The Morgan fingerprint density at radius 1 is 1.23 bits per heavy atom. The number of nitrogens with zero attached hydrogens (tertiary/aromatic N) is 1. The van der Waals surface area contributed by atoms with E-state index in [0.717, 1.165) is 30.4 Å². The third-order valence-corrected chi connectivity index (χ3v) is 4.06. The summed E-state index contributed by atoms with van der Waals surface area (Å²) in [5, 5.41) is 21.8. The van der Waals surface area contributed by atoms with E-state index in [2.05, 4.69) is 5.32 Å². The molecule has 22 heavy (non-hydrogen) atoms. The predicted molar refractivity (Wildman–Crippen MR) is 82.4 cm³/mol. The summed E-state index contributed by atoms with van der Waals surface area (Å²) >= 11 is 0. The summed E-state index contributed by atoms with van der Waals surface area (Å²) in [6.45, 7) is 0. The highest BCUT2D eigenvalue weighted by molar-refractivity contribution is 5.94. The number of amides is 1. The summed E-state index contributed by atoms with van der Waals surface area (Å²) in [7, 11) is 0. The molecule has 3 rings (SSSR count). The van der Waals surface area contributed by atoms with Crippen LogP contribution in [0.1, 0.15) is 45.9 Å². The van der Waals surface area contributed by atoms with Crippen molar-refractivity contribution in [3.8, 4) is 11.8 Å². The molecule has 1 aliphatic carbocycles. The molecule has 0 spiro atoms. The minimum absolute atomic E-state index is 0.0843. The molecule has 2 aromatic rings. The van der Waals surface area contributed by atoms with Crippen LogP contribution in [0.5, 0.6) is 5.75 Å². The number of carbonyl (C=O) groups excluding carboxylic acids is 1. The Hall–Kier alpha value is -2.80. The molecule has 0 unspecified atom stereocenters. The van der Waals surface area contributed by atoms with Gasteiger partial charge in [-0.05, 0) is 60.7 Å². The number of phenolic OH excluding ortho intramolecular Hbond substituents is 1. The van der Waals surface area contributed by atoms with E-state index in [9.17, 15) is 9.90 Å². The molecule has 0 saturated carbocycles. The molecule has 2 N–H and O–H groups in total. The van der Waals surface area contributed by atoms with Crippen molar-refractivity contribution in [1.29, 1.82) is 5.26 Å². The van der Waals surface area contributed by atoms with Crippen LogP contribution < -0.4 is 5.32 Å². The lowest BCUT2D eigenvalue weighted by Gasteiger charge is -2.27. The molecule has 4 nitrogen and oxygen atoms in total. The third kappa shape index (κ3) is 2.66. The average molecular weight is 292 g/mol. The normalized spacial score (nSPS) is 16.4. The SMILES string of the molecule is N#Cc1ccc(C(=O)N[C@H]2CCCc3c(O)cccc32)cc1. The first-order valence-corrected chi connectivity index (χ1v) is 7.31. The maximum Gasteiger partial charge on any atom is 0.251 e. The van der Waals surface area contributed by atoms with Crippen LogP contribution in [0, 0.1) is 11.3 Å². The van der Waals surface area contributed by atoms with Crippen molar-refractivity contribution in [1.82, 2.24) is 5.32 Å². The Kier molecular flexibility index (Phi) is 3.80. The lowest BCUT2D eigenvalue weighted by molar-refractivity contribution is 0.0932. The van der Waals surface area contributed by atoms with E-state index >= 15 is 0 Å². The molecule has 1 amide bonds. The van der Waals surface area contributed by atoms with Gasteiger partial charge in [-0.25, -0.2) is 0 Å². The van der Waals surface area contributed by atoms with Crippen molar-refractivity contribution in [2.45, 2.75) is 25.3 Å². The number of nitriles is 1. The topological polar surface area (TPSA) is 73.1 Å². The van der Waals surface area contributed by atoms with Gasteiger partial charge in [0.25, 0.3) is 5.91 Å². The number of rotatable bonds is 2. The van der Waals surface area contributed by atoms with Gasteiger partial charge in [0.05, 0.1) is 17.7 Å². The summed E-state index contributed by atoms with van der Waals surface area (Å²) < 4.78 is 0. The molecule has 0 saturated heterocycles. The first-order valence-electron chi connectivity index (χ1n) is 7.31. The number of nitrogens with one attached hydrogen (secondary N) is 1. The monoisotopic (exact) mass is 292 g/mol. The molecule has 110 valence electrons. The predicted octanol–water partition coefficient (Wildman–Crippen LogP) is 3.07. The van der Waals surface area contributed by atoms with E-state index in [1.807, 2.05) is 12.1 Å². The zero-order valence-electron chi connectivity index (χ0n) is 12.0. The molecular formula is C18H16N2O2. The van der Waals surface area contributed by atoms with Crippen LogP contribution in [-0.4, -0.2) is 11.0 Å². The van der Waals surface area contributed by atoms with Crippen LogP contribution in [0.3, 0.4) is 0 Å². The molecule has 0 fully saturated rings. The molecule has 0 aromatic heterocycles. The molecule has 1 atom stereocenters. The van der Waals surface area contributed by atoms with E-state index in [4.69, 9.17) is 5.26 Å². The minimum Gasteiger partial charge on any atom is -0.508 e. The number of hydrogen-bond acceptors (Lipinski definition) is 3. The van der Waals surface area contributed by atoms with Crippen LogP contribution in [0.25, 0.3) is 0 Å². The van der Waals surface area contributed by atoms with Gasteiger partial charge in [-0.1, -0.05) is 12.1 Å². The summed E-state index contributed by atoms with van der Waals surface area (Å²) in [5.41, 5.74) is 2.99. The van der Waals surface area contributed by atoms with Gasteiger partial charge in [-0.2, -0.15) is 5.26 Å². The fraction of sp³-hybridized carbons (Fsp3) is 0.222. The van der Waals surface area contributed by atoms with E-state index in [0.29, 0.717) is 16.9 Å². The number of benzene rings is 2. The van der Waals surface area contributed by atoms with Crippen LogP contribution >= 0.6 is 0 Å². The smallest absolute Gasteiger partial charge is 0.251 e. The molecule has 0 radical (unpaired) electrons. The van der Waals surface area contributed by atoms with Gasteiger partial charge in [0.2, 0.25) is 0 Å². The van der Waals surface area contributed by atoms with Gasteiger partial charge < -0.3 is 10.4 Å². The molecule has 4 heteroatoms. The second kappa shape index (κ2) is 5.90. The van der Waals surface area contributed by atoms with Gasteiger partial charge in [0.15, 0.2) is 0 Å². The lowest BCUT2D eigenvalue weighted by Crippen LogP contribution is -2.31. The van der Waals surface area contributed by atoms with Crippen LogP contribution in [0.2, 0.25) is 0 Å². The van der Waals surface area contributed by atoms with Gasteiger partial charge in [0.1, 0.15) is 5.75 Å². The Morgan fingerprint density at radius 2 is 2.00 bits per heavy atom. The number of carbonyl (C=O) groups is 1. The van der Waals surface area contributed by atoms with Crippen LogP contribution in [0.4, 0.5) is 0 Å². The fourth-order valence-electron chi connectivity index (χ4n) is 2.92. The van der Waals surface area contributed by atoms with Gasteiger partial charge in [-0.3, -0.25) is 4.79 Å². The van der Waals surface area contributed by atoms with Crippen molar-refractivity contribution in [2.75, 3.05) is 0 Å². The fourth-order valence-corrected chi connectivity index (χ4v) is 2.92. The van der Waals surface area contributed by atoms with E-state index in [1.165, 1.54) is 0 Å². The lowest BCUT2D eigenvalue weighted by atomic mass is 9.87. The zero-order chi connectivity index (χ0) is 15.5. The highest BCUT2D eigenvalue weighted by atomic mass is 16.3. The maximum absolute atomic E-state index is 12.4. The summed E-state index contributed by atoms with van der Waals surface area (Å²) in [5.74, 6) is 0.139. The van der Waals surface area contributed by atoms with Crippen molar-refractivity contribution in [2.24, 2.45) is 0 Å². The number of hydrogen-bond donors (Lipinski definition) is 2. The second-order valence-corrected chi connectivity index (χ2v) is 5.45. The highest BCUT2D eigenvalue weighted by Crippen LogP contribution is 2.34. The molecule has 0 bridgehead atoms. The first-order chi connectivity index (χ1) is 10.7. The molecule has 2 aromatic carbocycles. The molecular weight excluding hydrogens is 276 g/mol. The van der Waals surface area contributed by atoms with E-state index < -0.39 is 0 Å². The molecule has 0 aliphatic heterocycles. The largest absolute Gasteiger partial charge is 0.508 e. The van der Waals surface area contributed by atoms with Crippen LogP contribution in [0.15, 0.2) is 42.5 Å². The van der Waals surface area contributed by atoms with E-state index in [1.54, 1.807) is 36.4 Å².